The topological polar surface area (TPSA) is 54.4 Å². The van der Waals surface area contributed by atoms with Gasteiger partial charge in [0.2, 0.25) is 0 Å². The van der Waals surface area contributed by atoms with E-state index in [1.54, 1.807) is 0 Å². The summed E-state index contributed by atoms with van der Waals surface area (Å²) < 4.78 is 28.6. The molecule has 0 saturated heterocycles. The largest absolute Gasteiger partial charge is 0.286 e. The van der Waals surface area contributed by atoms with Gasteiger partial charge in [-0.15, -0.1) is 0 Å². The van der Waals surface area contributed by atoms with Crippen molar-refractivity contribution in [1.29, 1.82) is 0 Å². The second-order valence-corrected chi connectivity index (χ2v) is 6.13. The molecule has 3 nitrogen and oxygen atoms in total. The molecule has 0 aliphatic heterocycles. The third-order valence-electron chi connectivity index (χ3n) is 1.18. The first kappa shape index (κ1) is 16.3. The van der Waals surface area contributed by atoms with Crippen molar-refractivity contribution in [2.45, 2.75) is 47.5 Å². The molecular weight excluding hydrogens is 200 g/mol. The Balaban J connectivity index is 0. The molecule has 0 atom stereocenters. The highest BCUT2D eigenvalue weighted by Gasteiger charge is 2.03. The van der Waals surface area contributed by atoms with Gasteiger partial charge in [0.05, 0.1) is 5.75 Å². The van der Waals surface area contributed by atoms with Crippen molar-refractivity contribution < 1.29 is 13.0 Å². The van der Waals surface area contributed by atoms with Gasteiger partial charge in [-0.3, -0.25) is 4.55 Å². The second kappa shape index (κ2) is 8.24. The minimum atomic E-state index is -3.72. The molecule has 0 amide bonds. The van der Waals surface area contributed by atoms with E-state index in [1.165, 1.54) is 0 Å². The minimum absolute atomic E-state index is 0.106. The van der Waals surface area contributed by atoms with E-state index in [9.17, 15) is 8.42 Å². The summed E-state index contributed by atoms with van der Waals surface area (Å²) in [5, 5.41) is 0. The molecule has 0 spiro atoms. The van der Waals surface area contributed by atoms with Gasteiger partial charge in [-0.2, -0.15) is 8.42 Å². The number of hydrogen-bond acceptors (Lipinski definition) is 2. The molecule has 4 heteroatoms. The molecule has 88 valence electrons. The Morgan fingerprint density at radius 1 is 1.07 bits per heavy atom. The predicted molar refractivity (Wildman–Crippen MR) is 61.0 cm³/mol. The van der Waals surface area contributed by atoms with Gasteiger partial charge in [0.25, 0.3) is 10.1 Å². The third kappa shape index (κ3) is 29.7. The Morgan fingerprint density at radius 2 is 1.43 bits per heavy atom. The Hall–Kier alpha value is -0.0900. The Kier molecular flexibility index (Phi) is 9.62. The standard InChI is InChI=1S/C6H14O3S.C4H10/c1-6(2)4-3-5-10(7,8)9;1-4(2)3/h6H,3-5H2,1-2H3,(H,7,8,9);4H,1-3H3. The third-order valence-corrected chi connectivity index (χ3v) is 1.99. The maximum Gasteiger partial charge on any atom is 0.264 e. The maximum absolute atomic E-state index is 10.2. The highest BCUT2D eigenvalue weighted by atomic mass is 32.2. The molecule has 0 aromatic heterocycles. The van der Waals surface area contributed by atoms with E-state index in [0.29, 0.717) is 12.3 Å². The molecule has 1 N–H and O–H groups in total. The molecule has 0 saturated carbocycles. The van der Waals surface area contributed by atoms with Crippen LogP contribution in [0.1, 0.15) is 47.5 Å². The normalized spacial score (nSPS) is 11.4. The highest BCUT2D eigenvalue weighted by molar-refractivity contribution is 7.85. The lowest BCUT2D eigenvalue weighted by Crippen LogP contribution is -2.04. The van der Waals surface area contributed by atoms with Crippen LogP contribution >= 0.6 is 0 Å². The zero-order valence-corrected chi connectivity index (χ0v) is 10.8. The fourth-order valence-electron chi connectivity index (χ4n) is 0.674. The van der Waals surface area contributed by atoms with Crippen molar-refractivity contribution in [3.05, 3.63) is 0 Å². The van der Waals surface area contributed by atoms with Gasteiger partial charge in [-0.05, 0) is 24.7 Å². The number of hydrogen-bond donors (Lipinski definition) is 1. The SMILES string of the molecule is CC(C)C.CC(C)CCCS(=O)(=O)O. The van der Waals surface area contributed by atoms with Gasteiger partial charge in [0, 0.05) is 0 Å². The summed E-state index contributed by atoms with van der Waals surface area (Å²) in [6.45, 7) is 10.5. The quantitative estimate of drug-likeness (QED) is 0.747. The van der Waals surface area contributed by atoms with Crippen LogP contribution < -0.4 is 0 Å². The van der Waals surface area contributed by atoms with E-state index < -0.39 is 10.1 Å². The summed E-state index contributed by atoms with van der Waals surface area (Å²) in [5.74, 6) is 1.23. The molecule has 0 aliphatic rings. The minimum Gasteiger partial charge on any atom is -0.286 e. The predicted octanol–water partition coefficient (Wildman–Crippen LogP) is 2.97. The molecule has 0 unspecified atom stereocenters. The summed E-state index contributed by atoms with van der Waals surface area (Å²) in [4.78, 5) is 0. The average molecular weight is 224 g/mol. The lowest BCUT2D eigenvalue weighted by atomic mass is 10.1. The highest BCUT2D eigenvalue weighted by Crippen LogP contribution is 2.04. The van der Waals surface area contributed by atoms with Gasteiger partial charge in [-0.25, -0.2) is 0 Å². The average Bonchev–Trinajstić information content (AvgIpc) is 1.80. The van der Waals surface area contributed by atoms with Crippen LogP contribution in [0.15, 0.2) is 0 Å². The van der Waals surface area contributed by atoms with Crippen molar-refractivity contribution >= 4 is 10.1 Å². The zero-order valence-electron chi connectivity index (χ0n) is 9.95. The number of rotatable bonds is 4. The first-order chi connectivity index (χ1) is 6.15. The molecular formula is C10H24O3S. The van der Waals surface area contributed by atoms with Crippen molar-refractivity contribution in [3.8, 4) is 0 Å². The summed E-state index contributed by atoms with van der Waals surface area (Å²) in [6.07, 6.45) is 1.40. The van der Waals surface area contributed by atoms with Crippen molar-refractivity contribution in [2.24, 2.45) is 11.8 Å². The summed E-state index contributed by atoms with van der Waals surface area (Å²) >= 11 is 0. The Morgan fingerprint density at radius 3 is 1.64 bits per heavy atom. The van der Waals surface area contributed by atoms with Crippen LogP contribution in [0.5, 0.6) is 0 Å². The van der Waals surface area contributed by atoms with E-state index in [-0.39, 0.29) is 5.75 Å². The van der Waals surface area contributed by atoms with E-state index in [2.05, 4.69) is 20.8 Å². The van der Waals surface area contributed by atoms with E-state index >= 15 is 0 Å². The van der Waals surface area contributed by atoms with Crippen molar-refractivity contribution in [1.82, 2.24) is 0 Å². The van der Waals surface area contributed by atoms with Gasteiger partial charge in [-0.1, -0.05) is 34.6 Å². The van der Waals surface area contributed by atoms with E-state index in [0.717, 1.165) is 12.3 Å². The molecule has 0 fully saturated rings. The first-order valence-electron chi connectivity index (χ1n) is 5.10. The molecule has 14 heavy (non-hydrogen) atoms. The molecule has 0 radical (unpaired) electrons. The second-order valence-electron chi connectivity index (χ2n) is 4.55. The lowest BCUT2D eigenvalue weighted by molar-refractivity contribution is 0.475. The van der Waals surface area contributed by atoms with Crippen LogP contribution in [0.4, 0.5) is 0 Å². The van der Waals surface area contributed by atoms with Crippen LogP contribution in [0, 0.1) is 11.8 Å². The van der Waals surface area contributed by atoms with E-state index in [1.807, 2.05) is 13.8 Å². The molecule has 0 aromatic carbocycles. The van der Waals surface area contributed by atoms with E-state index in [4.69, 9.17) is 4.55 Å². The maximum atomic E-state index is 10.2. The smallest absolute Gasteiger partial charge is 0.264 e. The van der Waals surface area contributed by atoms with Crippen LogP contribution in [-0.4, -0.2) is 18.7 Å². The Bertz CT molecular complexity index is 203. The fraction of sp³-hybridized carbons (Fsp3) is 1.00. The first-order valence-corrected chi connectivity index (χ1v) is 6.71. The molecule has 0 aromatic rings. The molecule has 0 bridgehead atoms. The lowest BCUT2D eigenvalue weighted by Gasteiger charge is -2.00. The molecule has 0 heterocycles. The summed E-state index contributed by atoms with van der Waals surface area (Å²) in [6, 6.07) is 0. The van der Waals surface area contributed by atoms with Crippen LogP contribution in [-0.2, 0) is 10.1 Å². The van der Waals surface area contributed by atoms with Gasteiger partial charge >= 0.3 is 0 Å². The van der Waals surface area contributed by atoms with Crippen LogP contribution in [0.2, 0.25) is 0 Å². The fourth-order valence-corrected chi connectivity index (χ4v) is 1.21. The molecule has 0 aliphatic carbocycles. The summed E-state index contributed by atoms with van der Waals surface area (Å²) in [7, 11) is -3.72. The van der Waals surface area contributed by atoms with Crippen LogP contribution in [0.3, 0.4) is 0 Å². The monoisotopic (exact) mass is 224 g/mol. The Labute approximate surface area is 88.7 Å². The van der Waals surface area contributed by atoms with Gasteiger partial charge in [0.1, 0.15) is 0 Å². The zero-order chi connectivity index (χ0) is 11.8. The molecule has 0 rings (SSSR count). The van der Waals surface area contributed by atoms with Gasteiger partial charge in [0.15, 0.2) is 0 Å². The van der Waals surface area contributed by atoms with Crippen LogP contribution in [0.25, 0.3) is 0 Å². The van der Waals surface area contributed by atoms with Gasteiger partial charge < -0.3 is 0 Å². The van der Waals surface area contributed by atoms with Crippen molar-refractivity contribution in [3.63, 3.8) is 0 Å². The summed E-state index contributed by atoms with van der Waals surface area (Å²) in [5.41, 5.74) is 0. The van der Waals surface area contributed by atoms with Crippen molar-refractivity contribution in [2.75, 3.05) is 5.75 Å².